The second-order valence-corrected chi connectivity index (χ2v) is 8.36. The zero-order valence-electron chi connectivity index (χ0n) is 17.9. The number of fused-ring (bicyclic) bond motifs is 1. The molecule has 3 aromatic carbocycles. The van der Waals surface area contributed by atoms with Crippen LogP contribution in [0.4, 0.5) is 11.4 Å². The molecule has 1 saturated heterocycles. The molecule has 0 spiro atoms. The quantitative estimate of drug-likeness (QED) is 0.628. The molecule has 0 radical (unpaired) electrons. The lowest BCUT2D eigenvalue weighted by molar-refractivity contribution is -0.123. The molecule has 0 bridgehead atoms. The van der Waals surface area contributed by atoms with Crippen molar-refractivity contribution < 1.29 is 9.59 Å². The van der Waals surface area contributed by atoms with E-state index in [1.807, 2.05) is 66.7 Å². The van der Waals surface area contributed by atoms with E-state index < -0.39 is 0 Å². The first-order valence-electron chi connectivity index (χ1n) is 11.0. The molecule has 0 aliphatic carbocycles. The highest BCUT2D eigenvalue weighted by molar-refractivity contribution is 5.96. The Hall–Kier alpha value is -3.34. The molecule has 0 unspecified atom stereocenters. The fraction of sp³-hybridized carbons (Fsp3) is 0.308. The minimum atomic E-state index is -0.231. The highest BCUT2D eigenvalue weighted by Crippen LogP contribution is 2.24. The van der Waals surface area contributed by atoms with Crippen molar-refractivity contribution >= 4 is 34.0 Å². The van der Waals surface area contributed by atoms with Crippen molar-refractivity contribution in [2.45, 2.75) is 26.2 Å². The second kappa shape index (κ2) is 9.65. The Labute approximate surface area is 183 Å². The van der Waals surface area contributed by atoms with Crippen molar-refractivity contribution in [2.24, 2.45) is 5.92 Å². The molecule has 2 N–H and O–H groups in total. The number of rotatable bonds is 6. The van der Waals surface area contributed by atoms with E-state index in [0.29, 0.717) is 0 Å². The third-order valence-corrected chi connectivity index (χ3v) is 5.98. The average molecular weight is 416 g/mol. The Morgan fingerprint density at radius 2 is 1.61 bits per heavy atom. The van der Waals surface area contributed by atoms with E-state index in [1.165, 1.54) is 18.5 Å². The molecular weight excluding hydrogens is 386 g/mol. The summed E-state index contributed by atoms with van der Waals surface area (Å²) in [5.41, 5.74) is 2.88. The van der Waals surface area contributed by atoms with Gasteiger partial charge in [0.2, 0.25) is 11.8 Å². The highest BCUT2D eigenvalue weighted by Gasteiger charge is 2.16. The third-order valence-electron chi connectivity index (χ3n) is 5.98. The minimum absolute atomic E-state index is 0.0463. The Kier molecular flexibility index (Phi) is 6.51. The van der Waals surface area contributed by atoms with E-state index in [-0.39, 0.29) is 24.8 Å². The van der Waals surface area contributed by atoms with Gasteiger partial charge in [-0.25, -0.2) is 0 Å². The summed E-state index contributed by atoms with van der Waals surface area (Å²) in [6.07, 6.45) is 2.69. The van der Waals surface area contributed by atoms with Crippen LogP contribution in [0.2, 0.25) is 0 Å². The molecule has 4 rings (SSSR count). The van der Waals surface area contributed by atoms with Gasteiger partial charge in [-0.05, 0) is 59.4 Å². The van der Waals surface area contributed by atoms with Crippen molar-refractivity contribution in [3.05, 3.63) is 72.3 Å². The van der Waals surface area contributed by atoms with Gasteiger partial charge in [-0.1, -0.05) is 49.4 Å². The van der Waals surface area contributed by atoms with Crippen LogP contribution in [0.25, 0.3) is 10.8 Å². The van der Waals surface area contributed by atoms with E-state index in [0.717, 1.165) is 41.0 Å². The van der Waals surface area contributed by atoms with Crippen LogP contribution < -0.4 is 15.5 Å². The fourth-order valence-corrected chi connectivity index (χ4v) is 4.09. The Morgan fingerprint density at radius 3 is 2.39 bits per heavy atom. The number of piperidine rings is 1. The van der Waals surface area contributed by atoms with Crippen LogP contribution >= 0.6 is 0 Å². The van der Waals surface area contributed by atoms with Crippen LogP contribution in [0, 0.1) is 5.92 Å². The number of carbonyl (C=O) groups excluding carboxylic acids is 2. The van der Waals surface area contributed by atoms with Gasteiger partial charge in [0.25, 0.3) is 0 Å². The van der Waals surface area contributed by atoms with Gasteiger partial charge in [0, 0.05) is 24.5 Å². The van der Waals surface area contributed by atoms with Gasteiger partial charge in [-0.15, -0.1) is 0 Å². The number of benzene rings is 3. The smallest absolute Gasteiger partial charge is 0.243 e. The zero-order valence-corrected chi connectivity index (χ0v) is 17.9. The summed E-state index contributed by atoms with van der Waals surface area (Å²) >= 11 is 0. The minimum Gasteiger partial charge on any atom is -0.372 e. The SMILES string of the molecule is CC1CCN(c2ccc(NC(=O)CNC(=O)Cc3cccc4ccccc34)cc2)CC1. The largest absolute Gasteiger partial charge is 0.372 e. The van der Waals surface area contributed by atoms with E-state index in [4.69, 9.17) is 0 Å². The van der Waals surface area contributed by atoms with Crippen molar-refractivity contribution in [3.63, 3.8) is 0 Å². The maximum atomic E-state index is 12.4. The van der Waals surface area contributed by atoms with Gasteiger partial charge in [0.15, 0.2) is 0 Å². The Bertz CT molecular complexity index is 1050. The maximum Gasteiger partial charge on any atom is 0.243 e. The summed E-state index contributed by atoms with van der Waals surface area (Å²) in [4.78, 5) is 27.0. The van der Waals surface area contributed by atoms with E-state index in [1.54, 1.807) is 0 Å². The van der Waals surface area contributed by atoms with Crippen LogP contribution in [0.15, 0.2) is 66.7 Å². The first-order chi connectivity index (χ1) is 15.1. The molecule has 1 aliphatic heterocycles. The fourth-order valence-electron chi connectivity index (χ4n) is 4.09. The van der Waals surface area contributed by atoms with Crippen LogP contribution in [0.1, 0.15) is 25.3 Å². The number of nitrogens with one attached hydrogen (secondary N) is 2. The highest BCUT2D eigenvalue weighted by atomic mass is 16.2. The monoisotopic (exact) mass is 415 g/mol. The van der Waals surface area contributed by atoms with Gasteiger partial charge in [0.1, 0.15) is 0 Å². The molecule has 1 heterocycles. The lowest BCUT2D eigenvalue weighted by atomic mass is 9.99. The van der Waals surface area contributed by atoms with Crippen molar-refractivity contribution in [1.29, 1.82) is 0 Å². The number of carbonyl (C=O) groups is 2. The summed E-state index contributed by atoms with van der Waals surface area (Å²) in [5, 5.41) is 7.75. The van der Waals surface area contributed by atoms with Crippen molar-refractivity contribution in [1.82, 2.24) is 5.32 Å². The Balaban J connectivity index is 1.26. The number of nitrogens with zero attached hydrogens (tertiary/aromatic N) is 1. The van der Waals surface area contributed by atoms with Crippen molar-refractivity contribution in [3.8, 4) is 0 Å². The first kappa shape index (κ1) is 20.9. The predicted octanol–water partition coefficient (Wildman–Crippen LogP) is 4.37. The molecule has 5 nitrogen and oxygen atoms in total. The van der Waals surface area contributed by atoms with Gasteiger partial charge < -0.3 is 15.5 Å². The van der Waals surface area contributed by atoms with Crippen LogP contribution in [0.3, 0.4) is 0 Å². The Morgan fingerprint density at radius 1 is 0.903 bits per heavy atom. The summed E-state index contributed by atoms with van der Waals surface area (Å²) < 4.78 is 0. The number of amides is 2. The molecule has 5 heteroatoms. The molecule has 0 aromatic heterocycles. The molecule has 0 atom stereocenters. The molecular formula is C26H29N3O2. The molecule has 1 fully saturated rings. The van der Waals surface area contributed by atoms with E-state index >= 15 is 0 Å². The maximum absolute atomic E-state index is 12.4. The summed E-state index contributed by atoms with van der Waals surface area (Å²) in [5.74, 6) is 0.401. The second-order valence-electron chi connectivity index (χ2n) is 8.36. The topological polar surface area (TPSA) is 61.4 Å². The summed E-state index contributed by atoms with van der Waals surface area (Å²) in [7, 11) is 0. The third kappa shape index (κ3) is 5.43. The lowest BCUT2D eigenvalue weighted by Gasteiger charge is -2.32. The zero-order chi connectivity index (χ0) is 21.6. The molecule has 1 aliphatic rings. The van der Waals surface area contributed by atoms with Gasteiger partial charge in [0.05, 0.1) is 13.0 Å². The van der Waals surface area contributed by atoms with Crippen molar-refractivity contribution in [2.75, 3.05) is 29.9 Å². The van der Waals surface area contributed by atoms with Gasteiger partial charge >= 0.3 is 0 Å². The van der Waals surface area contributed by atoms with Gasteiger partial charge in [-0.3, -0.25) is 9.59 Å². The van der Waals surface area contributed by atoms with Crippen LogP contribution in [-0.4, -0.2) is 31.4 Å². The van der Waals surface area contributed by atoms with E-state index in [2.05, 4.69) is 22.5 Å². The first-order valence-corrected chi connectivity index (χ1v) is 11.0. The van der Waals surface area contributed by atoms with Gasteiger partial charge in [-0.2, -0.15) is 0 Å². The van der Waals surface area contributed by atoms with Crippen LogP contribution in [-0.2, 0) is 16.0 Å². The number of hydrogen-bond acceptors (Lipinski definition) is 3. The standard InChI is InChI=1S/C26H29N3O2/c1-19-13-15-29(16-14-19)23-11-9-22(10-12-23)28-26(31)18-27-25(30)17-21-7-4-6-20-5-2-3-8-24(20)21/h2-12,19H,13-18H2,1H3,(H,27,30)(H,28,31). The molecule has 31 heavy (non-hydrogen) atoms. The lowest BCUT2D eigenvalue weighted by Crippen LogP contribution is -2.34. The van der Waals surface area contributed by atoms with Crippen LogP contribution in [0.5, 0.6) is 0 Å². The number of hydrogen-bond donors (Lipinski definition) is 2. The average Bonchev–Trinajstić information content (AvgIpc) is 2.79. The predicted molar refractivity (Wildman–Crippen MR) is 126 cm³/mol. The number of anilines is 2. The molecule has 2 amide bonds. The molecule has 0 saturated carbocycles. The normalized spacial score (nSPS) is 14.4. The van der Waals surface area contributed by atoms with E-state index in [9.17, 15) is 9.59 Å². The summed E-state index contributed by atoms with van der Waals surface area (Å²) in [6.45, 7) is 4.41. The molecule has 3 aromatic rings. The summed E-state index contributed by atoms with van der Waals surface area (Å²) in [6, 6.07) is 21.9. The molecule has 160 valence electrons.